The van der Waals surface area contributed by atoms with E-state index in [1.54, 1.807) is 0 Å². The van der Waals surface area contributed by atoms with E-state index < -0.39 is 22.8 Å². The van der Waals surface area contributed by atoms with Gasteiger partial charge in [0.2, 0.25) is 5.91 Å². The van der Waals surface area contributed by atoms with E-state index >= 15 is 0 Å². The smallest absolute Gasteiger partial charge is 0.389 e. The summed E-state index contributed by atoms with van der Waals surface area (Å²) < 4.78 is 1.08. The lowest BCUT2D eigenvalue weighted by molar-refractivity contribution is -0.389. The van der Waals surface area contributed by atoms with Crippen LogP contribution in [0.15, 0.2) is 12.3 Å². The van der Waals surface area contributed by atoms with Crippen molar-refractivity contribution >= 4 is 29.5 Å². The van der Waals surface area contributed by atoms with Crippen LogP contribution in [-0.4, -0.2) is 49.7 Å². The highest BCUT2D eigenvalue weighted by atomic mass is 32.2. The number of amides is 1. The molecule has 1 aromatic heterocycles. The molecule has 20 heavy (non-hydrogen) atoms. The average molecular weight is 302 g/mol. The summed E-state index contributed by atoms with van der Waals surface area (Å²) in [6.45, 7) is -0.267. The van der Waals surface area contributed by atoms with Gasteiger partial charge in [-0.3, -0.25) is 4.79 Å². The molecule has 0 aliphatic heterocycles. The van der Waals surface area contributed by atoms with Gasteiger partial charge in [-0.2, -0.15) is 16.4 Å². The largest absolute Gasteiger partial charge is 0.480 e. The van der Waals surface area contributed by atoms with Crippen LogP contribution in [0.5, 0.6) is 0 Å². The second-order valence-corrected chi connectivity index (χ2v) is 4.85. The van der Waals surface area contributed by atoms with Gasteiger partial charge in [0.15, 0.2) is 0 Å². The van der Waals surface area contributed by atoms with Crippen LogP contribution in [0.1, 0.15) is 6.42 Å². The third-order valence-corrected chi connectivity index (χ3v) is 3.01. The number of aromatic nitrogens is 2. The molecule has 0 spiro atoms. The number of carboxylic acid groups (broad SMARTS) is 1. The van der Waals surface area contributed by atoms with Crippen molar-refractivity contribution in [3.05, 3.63) is 22.4 Å². The number of carbonyl (C=O) groups excluding carboxylic acids is 1. The molecule has 1 aromatic rings. The van der Waals surface area contributed by atoms with Gasteiger partial charge in [0.25, 0.3) is 0 Å². The van der Waals surface area contributed by atoms with E-state index in [1.807, 2.05) is 6.26 Å². The lowest BCUT2D eigenvalue weighted by Crippen LogP contribution is -2.42. The summed E-state index contributed by atoms with van der Waals surface area (Å²) in [5.41, 5.74) is 0. The van der Waals surface area contributed by atoms with Gasteiger partial charge in [-0.15, -0.1) is 0 Å². The Balaban J connectivity index is 2.56. The van der Waals surface area contributed by atoms with E-state index in [9.17, 15) is 19.7 Å². The molecule has 110 valence electrons. The third-order valence-electron chi connectivity index (χ3n) is 2.36. The first-order valence-corrected chi connectivity index (χ1v) is 7.02. The number of nitrogens with one attached hydrogen (secondary N) is 1. The topological polar surface area (TPSA) is 127 Å². The molecule has 0 aromatic carbocycles. The van der Waals surface area contributed by atoms with Crippen LogP contribution in [0, 0.1) is 10.1 Å². The molecule has 1 rings (SSSR count). The maximum absolute atomic E-state index is 11.7. The van der Waals surface area contributed by atoms with Gasteiger partial charge in [-0.1, -0.05) is 0 Å². The van der Waals surface area contributed by atoms with Gasteiger partial charge in [0, 0.05) is 0 Å². The Hall–Kier alpha value is -2.10. The van der Waals surface area contributed by atoms with Crippen molar-refractivity contribution in [2.75, 3.05) is 12.0 Å². The molecule has 9 nitrogen and oxygen atoms in total. The molecule has 0 aliphatic carbocycles. The summed E-state index contributed by atoms with van der Waals surface area (Å²) in [5, 5.41) is 25.3. The van der Waals surface area contributed by atoms with Crippen LogP contribution in [0.4, 0.5) is 5.82 Å². The second kappa shape index (κ2) is 7.48. The quantitative estimate of drug-likeness (QED) is 0.515. The van der Waals surface area contributed by atoms with Crippen molar-refractivity contribution in [2.45, 2.75) is 19.0 Å². The van der Waals surface area contributed by atoms with Crippen molar-refractivity contribution in [1.82, 2.24) is 15.1 Å². The molecule has 0 saturated heterocycles. The van der Waals surface area contributed by atoms with Crippen LogP contribution in [0.25, 0.3) is 0 Å². The number of carbonyl (C=O) groups is 2. The zero-order chi connectivity index (χ0) is 15.1. The normalized spacial score (nSPS) is 11.8. The van der Waals surface area contributed by atoms with Gasteiger partial charge in [0.05, 0.1) is 17.4 Å². The number of hydrogen-bond donors (Lipinski definition) is 2. The molecular formula is C10H14N4O5S. The van der Waals surface area contributed by atoms with Crippen molar-refractivity contribution in [3.8, 4) is 0 Å². The van der Waals surface area contributed by atoms with Crippen LogP contribution >= 0.6 is 11.8 Å². The second-order valence-electron chi connectivity index (χ2n) is 3.87. The van der Waals surface area contributed by atoms with Gasteiger partial charge in [-0.05, 0) is 23.4 Å². The molecule has 0 unspecified atom stereocenters. The van der Waals surface area contributed by atoms with Crippen LogP contribution in [-0.2, 0) is 16.1 Å². The zero-order valence-electron chi connectivity index (χ0n) is 10.7. The van der Waals surface area contributed by atoms with Crippen molar-refractivity contribution < 1.29 is 19.6 Å². The van der Waals surface area contributed by atoms with Crippen molar-refractivity contribution in [3.63, 3.8) is 0 Å². The summed E-state index contributed by atoms with van der Waals surface area (Å²) in [5.74, 6) is -1.44. The van der Waals surface area contributed by atoms with Gasteiger partial charge in [-0.25, -0.2) is 4.79 Å². The van der Waals surface area contributed by atoms with E-state index in [-0.39, 0.29) is 12.4 Å². The molecule has 0 aliphatic rings. The Kier molecular flexibility index (Phi) is 5.97. The predicted octanol–water partition coefficient (Wildman–Crippen LogP) is 0.114. The number of aliphatic carboxylic acids is 1. The monoisotopic (exact) mass is 302 g/mol. The van der Waals surface area contributed by atoms with Crippen LogP contribution in [0.2, 0.25) is 0 Å². The minimum Gasteiger partial charge on any atom is -0.480 e. The summed E-state index contributed by atoms with van der Waals surface area (Å²) in [6.07, 6.45) is 3.43. The third kappa shape index (κ3) is 4.88. The van der Waals surface area contributed by atoms with Crippen molar-refractivity contribution in [1.29, 1.82) is 0 Å². The number of carboxylic acids is 1. The highest BCUT2D eigenvalue weighted by Crippen LogP contribution is 2.05. The van der Waals surface area contributed by atoms with Gasteiger partial charge in [0.1, 0.15) is 12.6 Å². The molecule has 0 fully saturated rings. The summed E-state index contributed by atoms with van der Waals surface area (Å²) in [6, 6.07) is 0.191. The minimum absolute atomic E-state index is 0.267. The molecule has 0 bridgehead atoms. The fourth-order valence-electron chi connectivity index (χ4n) is 1.42. The first-order valence-electron chi connectivity index (χ1n) is 5.63. The van der Waals surface area contributed by atoms with Crippen molar-refractivity contribution in [2.24, 2.45) is 0 Å². The number of nitro groups is 1. The van der Waals surface area contributed by atoms with E-state index in [2.05, 4.69) is 10.4 Å². The molecule has 10 heteroatoms. The van der Waals surface area contributed by atoms with Gasteiger partial charge >= 0.3 is 11.8 Å². The summed E-state index contributed by atoms with van der Waals surface area (Å²) >= 11 is 1.48. The molecule has 1 atom stereocenters. The molecule has 0 saturated carbocycles. The number of rotatable bonds is 8. The van der Waals surface area contributed by atoms with Crippen LogP contribution in [0.3, 0.4) is 0 Å². The first kappa shape index (κ1) is 16.0. The van der Waals surface area contributed by atoms with E-state index in [0.717, 1.165) is 10.7 Å². The lowest BCUT2D eigenvalue weighted by atomic mass is 10.2. The Morgan fingerprint density at radius 1 is 1.65 bits per heavy atom. The highest BCUT2D eigenvalue weighted by molar-refractivity contribution is 7.98. The summed E-state index contributed by atoms with van der Waals surface area (Å²) in [7, 11) is 0. The lowest BCUT2D eigenvalue weighted by Gasteiger charge is -2.13. The maximum Gasteiger partial charge on any atom is 0.389 e. The maximum atomic E-state index is 11.7. The average Bonchev–Trinajstić information content (AvgIpc) is 2.82. The highest BCUT2D eigenvalue weighted by Gasteiger charge is 2.20. The SMILES string of the molecule is CSCC[C@@H](NC(=O)Cn1ccc([N+](=O)[O-])n1)C(=O)O. The summed E-state index contributed by atoms with van der Waals surface area (Å²) in [4.78, 5) is 32.4. The number of hydrogen-bond acceptors (Lipinski definition) is 6. The Labute approximate surface area is 118 Å². The first-order chi connectivity index (χ1) is 9.43. The minimum atomic E-state index is -1.11. The standard InChI is InChI=1S/C10H14N4O5S/c1-20-5-3-7(10(16)17)11-9(15)6-13-4-2-8(12-13)14(18)19/h2,4,7H,3,5-6H2,1H3,(H,11,15)(H,16,17)/t7-/m1/s1. The molecule has 1 heterocycles. The fraction of sp³-hybridized carbons (Fsp3) is 0.500. The van der Waals surface area contributed by atoms with E-state index in [1.165, 1.54) is 18.0 Å². The predicted molar refractivity (Wildman–Crippen MR) is 71.4 cm³/mol. The number of thioether (sulfide) groups is 1. The zero-order valence-corrected chi connectivity index (χ0v) is 11.5. The molecule has 2 N–H and O–H groups in total. The Bertz CT molecular complexity index is 504. The van der Waals surface area contributed by atoms with Crippen LogP contribution < -0.4 is 5.32 Å². The number of nitrogens with zero attached hydrogens (tertiary/aromatic N) is 3. The molecular weight excluding hydrogens is 288 g/mol. The fourth-order valence-corrected chi connectivity index (χ4v) is 1.89. The Morgan fingerprint density at radius 3 is 2.85 bits per heavy atom. The molecule has 0 radical (unpaired) electrons. The molecule has 1 amide bonds. The van der Waals surface area contributed by atoms with E-state index in [4.69, 9.17) is 5.11 Å². The van der Waals surface area contributed by atoms with Gasteiger partial charge < -0.3 is 20.5 Å². The Morgan fingerprint density at radius 2 is 2.35 bits per heavy atom. The van der Waals surface area contributed by atoms with E-state index in [0.29, 0.717) is 12.2 Å².